The lowest BCUT2D eigenvalue weighted by Gasteiger charge is -2.38. The molecule has 0 saturated carbocycles. The largest absolute Gasteiger partial charge is 0.367 e. The van der Waals surface area contributed by atoms with Crippen LogP contribution in [0.25, 0.3) is 0 Å². The summed E-state index contributed by atoms with van der Waals surface area (Å²) in [5.41, 5.74) is 4.38. The number of carbonyl (C=O) groups is 1. The third kappa shape index (κ3) is 1.96. The fourth-order valence-corrected chi connectivity index (χ4v) is 1.69. The van der Waals surface area contributed by atoms with Gasteiger partial charge in [-0.15, -0.1) is 0 Å². The summed E-state index contributed by atoms with van der Waals surface area (Å²) < 4.78 is 5.42. The molecule has 1 fully saturated rings. The number of primary amides is 1. The highest BCUT2D eigenvalue weighted by Gasteiger charge is 2.37. The van der Waals surface area contributed by atoms with Gasteiger partial charge in [0.1, 0.15) is 12.1 Å². The van der Waals surface area contributed by atoms with Crippen molar-refractivity contribution in [3.8, 4) is 0 Å². The van der Waals surface area contributed by atoms with Gasteiger partial charge in [-0.25, -0.2) is 9.97 Å². The van der Waals surface area contributed by atoms with Crippen molar-refractivity contribution in [2.45, 2.75) is 12.5 Å². The Labute approximate surface area is 93.4 Å². The van der Waals surface area contributed by atoms with E-state index < -0.39 is 11.5 Å². The average molecular weight is 222 g/mol. The molecule has 0 spiro atoms. The number of carbonyl (C=O) groups excluding carboxylic acids is 1. The minimum atomic E-state index is -0.941. The fourth-order valence-electron chi connectivity index (χ4n) is 1.69. The molecule has 1 aromatic heterocycles. The van der Waals surface area contributed by atoms with Gasteiger partial charge in [0, 0.05) is 12.7 Å². The van der Waals surface area contributed by atoms with Gasteiger partial charge in [-0.2, -0.15) is 0 Å². The van der Waals surface area contributed by atoms with Gasteiger partial charge in [-0.1, -0.05) is 0 Å². The van der Waals surface area contributed by atoms with Crippen LogP contribution in [-0.2, 0) is 9.53 Å². The van der Waals surface area contributed by atoms with E-state index in [2.05, 4.69) is 9.97 Å². The second-order valence-corrected chi connectivity index (χ2v) is 3.93. The molecule has 2 heterocycles. The first-order valence-electron chi connectivity index (χ1n) is 5.07. The minimum Gasteiger partial charge on any atom is -0.367 e. The van der Waals surface area contributed by atoms with Crippen LogP contribution in [0.15, 0.2) is 18.6 Å². The molecule has 2 N–H and O–H groups in total. The van der Waals surface area contributed by atoms with Crippen LogP contribution in [0.5, 0.6) is 0 Å². The lowest BCUT2D eigenvalue weighted by Crippen LogP contribution is -2.57. The second kappa shape index (κ2) is 4.05. The first-order chi connectivity index (χ1) is 7.62. The molecule has 1 saturated heterocycles. The minimum absolute atomic E-state index is 0.416. The van der Waals surface area contributed by atoms with Gasteiger partial charge < -0.3 is 15.4 Å². The summed E-state index contributed by atoms with van der Waals surface area (Å²) in [7, 11) is 0. The highest BCUT2D eigenvalue weighted by atomic mass is 16.5. The molecule has 0 aromatic carbocycles. The number of nitrogens with zero attached hydrogens (tertiary/aromatic N) is 3. The molecule has 1 unspecified atom stereocenters. The monoisotopic (exact) mass is 222 g/mol. The molecule has 2 rings (SSSR count). The molecule has 1 aromatic rings. The van der Waals surface area contributed by atoms with E-state index in [0.29, 0.717) is 19.7 Å². The first-order valence-corrected chi connectivity index (χ1v) is 5.07. The van der Waals surface area contributed by atoms with Crippen molar-refractivity contribution in [2.75, 3.05) is 24.6 Å². The van der Waals surface area contributed by atoms with E-state index >= 15 is 0 Å². The predicted molar refractivity (Wildman–Crippen MR) is 57.8 cm³/mol. The third-order valence-corrected chi connectivity index (χ3v) is 2.69. The molecular weight excluding hydrogens is 208 g/mol. The van der Waals surface area contributed by atoms with Crippen molar-refractivity contribution in [1.82, 2.24) is 9.97 Å². The number of morpholine rings is 1. The first kappa shape index (κ1) is 10.8. The van der Waals surface area contributed by atoms with Crippen LogP contribution in [0, 0.1) is 0 Å². The Bertz CT molecular complexity index is 384. The number of anilines is 1. The maximum Gasteiger partial charge on any atom is 0.251 e. The topological polar surface area (TPSA) is 81.3 Å². The molecule has 0 radical (unpaired) electrons. The van der Waals surface area contributed by atoms with E-state index in [-0.39, 0.29) is 0 Å². The number of nitrogens with two attached hydrogens (primary N) is 1. The predicted octanol–water partition coefficient (Wildman–Crippen LogP) is -0.443. The Morgan fingerprint density at radius 3 is 3.12 bits per heavy atom. The molecule has 0 aliphatic carbocycles. The lowest BCUT2D eigenvalue weighted by molar-refractivity contribution is -0.142. The van der Waals surface area contributed by atoms with E-state index in [0.717, 1.165) is 5.82 Å². The van der Waals surface area contributed by atoms with Gasteiger partial charge in [0.25, 0.3) is 5.91 Å². The lowest BCUT2D eigenvalue weighted by atomic mass is 10.0. The van der Waals surface area contributed by atoms with Crippen molar-refractivity contribution in [2.24, 2.45) is 5.73 Å². The Morgan fingerprint density at radius 1 is 1.69 bits per heavy atom. The number of hydrogen-bond acceptors (Lipinski definition) is 5. The summed E-state index contributed by atoms with van der Waals surface area (Å²) in [6.07, 6.45) is 3.14. The van der Waals surface area contributed by atoms with Crippen molar-refractivity contribution in [3.63, 3.8) is 0 Å². The van der Waals surface area contributed by atoms with Crippen LogP contribution in [0.2, 0.25) is 0 Å². The standard InChI is InChI=1S/C10H14N4O2/c1-10(9(11)15)6-14(4-5-16-10)8-2-3-12-7-13-8/h2-3,7H,4-6H2,1H3,(H2,11,15). The number of hydrogen-bond donors (Lipinski definition) is 1. The van der Waals surface area contributed by atoms with Crippen molar-refractivity contribution in [3.05, 3.63) is 18.6 Å². The number of rotatable bonds is 2. The average Bonchev–Trinajstić information content (AvgIpc) is 2.30. The van der Waals surface area contributed by atoms with Gasteiger partial charge >= 0.3 is 0 Å². The van der Waals surface area contributed by atoms with Crippen LogP contribution in [0.3, 0.4) is 0 Å². The molecule has 86 valence electrons. The van der Waals surface area contributed by atoms with E-state index in [4.69, 9.17) is 10.5 Å². The van der Waals surface area contributed by atoms with E-state index in [9.17, 15) is 4.79 Å². The molecule has 1 aliphatic heterocycles. The highest BCUT2D eigenvalue weighted by molar-refractivity contribution is 5.84. The summed E-state index contributed by atoms with van der Waals surface area (Å²) in [4.78, 5) is 21.2. The third-order valence-electron chi connectivity index (χ3n) is 2.69. The van der Waals surface area contributed by atoms with Crippen LogP contribution >= 0.6 is 0 Å². The quantitative estimate of drug-likeness (QED) is 0.733. The Kier molecular flexibility index (Phi) is 2.74. The molecule has 1 aliphatic rings. The zero-order valence-electron chi connectivity index (χ0n) is 9.09. The maximum atomic E-state index is 11.3. The summed E-state index contributed by atoms with van der Waals surface area (Å²) in [6.45, 7) is 3.27. The smallest absolute Gasteiger partial charge is 0.251 e. The summed E-state index contributed by atoms with van der Waals surface area (Å²) in [6, 6.07) is 1.80. The van der Waals surface area contributed by atoms with Gasteiger partial charge in [0.2, 0.25) is 0 Å². The Hall–Kier alpha value is -1.69. The number of amides is 1. The molecule has 1 amide bonds. The Morgan fingerprint density at radius 2 is 2.50 bits per heavy atom. The van der Waals surface area contributed by atoms with Gasteiger partial charge in [-0.05, 0) is 13.0 Å². The molecule has 6 heteroatoms. The van der Waals surface area contributed by atoms with Crippen molar-refractivity contribution < 1.29 is 9.53 Å². The van der Waals surface area contributed by atoms with Gasteiger partial charge in [0.15, 0.2) is 5.60 Å². The molecule has 6 nitrogen and oxygen atoms in total. The van der Waals surface area contributed by atoms with Crippen LogP contribution in [0.1, 0.15) is 6.92 Å². The van der Waals surface area contributed by atoms with E-state index in [1.54, 1.807) is 19.2 Å². The zero-order chi connectivity index (χ0) is 11.6. The Balaban J connectivity index is 2.17. The van der Waals surface area contributed by atoms with Gasteiger partial charge in [0.05, 0.1) is 13.2 Å². The van der Waals surface area contributed by atoms with Crippen LogP contribution in [-0.4, -0.2) is 41.2 Å². The van der Waals surface area contributed by atoms with E-state index in [1.807, 2.05) is 4.90 Å². The molecule has 0 bridgehead atoms. The van der Waals surface area contributed by atoms with Crippen molar-refractivity contribution in [1.29, 1.82) is 0 Å². The van der Waals surface area contributed by atoms with Crippen LogP contribution in [0.4, 0.5) is 5.82 Å². The molecular formula is C10H14N4O2. The highest BCUT2D eigenvalue weighted by Crippen LogP contribution is 2.20. The summed E-state index contributed by atoms with van der Waals surface area (Å²) >= 11 is 0. The van der Waals surface area contributed by atoms with Crippen molar-refractivity contribution >= 4 is 11.7 Å². The normalized spacial score (nSPS) is 25.4. The van der Waals surface area contributed by atoms with Crippen LogP contribution < -0.4 is 10.6 Å². The molecule has 1 atom stereocenters. The van der Waals surface area contributed by atoms with E-state index in [1.165, 1.54) is 6.33 Å². The fraction of sp³-hybridized carbons (Fsp3) is 0.500. The number of ether oxygens (including phenoxy) is 1. The number of aromatic nitrogens is 2. The zero-order valence-corrected chi connectivity index (χ0v) is 9.09. The molecule has 16 heavy (non-hydrogen) atoms. The second-order valence-electron chi connectivity index (χ2n) is 3.93. The summed E-state index contributed by atoms with van der Waals surface area (Å²) in [5, 5.41) is 0. The SMILES string of the molecule is CC1(C(N)=O)CN(c2ccncn2)CCO1. The summed E-state index contributed by atoms with van der Waals surface area (Å²) in [5.74, 6) is 0.331. The maximum absolute atomic E-state index is 11.3. The van der Waals surface area contributed by atoms with Gasteiger partial charge in [-0.3, -0.25) is 4.79 Å².